The third-order valence-electron chi connectivity index (χ3n) is 3.77. The van der Waals surface area contributed by atoms with Crippen molar-refractivity contribution in [2.45, 2.75) is 70.9 Å². The summed E-state index contributed by atoms with van der Waals surface area (Å²) >= 11 is 0.386. The van der Waals surface area contributed by atoms with Crippen molar-refractivity contribution in [3.63, 3.8) is 0 Å². The van der Waals surface area contributed by atoms with Crippen LogP contribution in [0.1, 0.15) is 71.5 Å². The zero-order valence-electron chi connectivity index (χ0n) is 25.2. The quantitative estimate of drug-likeness (QED) is 0.785. The Labute approximate surface area is 150 Å². The second-order valence-corrected chi connectivity index (χ2v) is 6.52. The van der Waals surface area contributed by atoms with E-state index in [2.05, 4.69) is 4.98 Å². The van der Waals surface area contributed by atoms with Crippen molar-refractivity contribution in [2.24, 2.45) is 0 Å². The third kappa shape index (κ3) is 2.73. The molecule has 0 aliphatic carbocycles. The molecule has 0 spiro atoms. The average molecular weight is 321 g/mol. The van der Waals surface area contributed by atoms with Crippen LogP contribution in [0, 0.1) is 0 Å². The molecule has 1 unspecified atom stereocenters. The fourth-order valence-corrected chi connectivity index (χ4v) is 2.54. The molecule has 3 heterocycles. The summed E-state index contributed by atoms with van der Waals surface area (Å²) in [5.74, 6) is 0. The standard InChI is InChI=1S/C15H25BN2O2S/c1-11-8-6-7-9-18(11)13-17-12(10-21-13)16-19-14(2,3)15(4,5)20-16/h10-11H,6-9H2,1-5H3/i1D3,6D2,7D2,8D2,9D2,10D,11D. The van der Waals surface area contributed by atoms with Gasteiger partial charge in [0.25, 0.3) is 0 Å². The number of anilines is 1. The molecular weight excluding hydrogens is 283 g/mol. The van der Waals surface area contributed by atoms with E-state index in [4.69, 9.17) is 27.1 Å². The Bertz CT molecular complexity index is 979. The first-order valence-corrected chi connectivity index (χ1v) is 7.26. The highest BCUT2D eigenvalue weighted by Gasteiger charge is 2.52. The van der Waals surface area contributed by atoms with Gasteiger partial charge in [-0.25, -0.2) is 4.98 Å². The molecule has 21 heavy (non-hydrogen) atoms. The van der Waals surface area contributed by atoms with Crippen LogP contribution in [-0.4, -0.2) is 35.8 Å². The van der Waals surface area contributed by atoms with Gasteiger partial charge in [0.05, 0.1) is 19.5 Å². The first-order chi connectivity index (χ1) is 14.8. The molecule has 116 valence electrons. The number of aromatic nitrogens is 1. The molecule has 1 aromatic heterocycles. The highest BCUT2D eigenvalue weighted by Crippen LogP contribution is 2.37. The van der Waals surface area contributed by atoms with Gasteiger partial charge < -0.3 is 14.2 Å². The van der Waals surface area contributed by atoms with Crippen molar-refractivity contribution in [3.8, 4) is 0 Å². The summed E-state index contributed by atoms with van der Waals surface area (Å²) in [5, 5.41) is -1.04. The van der Waals surface area contributed by atoms with Gasteiger partial charge in [0, 0.05) is 32.9 Å². The van der Waals surface area contributed by atoms with Crippen molar-refractivity contribution in [3.05, 3.63) is 5.36 Å². The van der Waals surface area contributed by atoms with Crippen molar-refractivity contribution < 1.29 is 27.1 Å². The zero-order chi connectivity index (χ0) is 26.7. The molecule has 0 N–H and O–H groups in total. The predicted octanol–water partition coefficient (Wildman–Crippen LogP) is 2.82. The van der Waals surface area contributed by atoms with Gasteiger partial charge >= 0.3 is 7.12 Å². The van der Waals surface area contributed by atoms with E-state index in [1.54, 1.807) is 27.7 Å². The molecule has 6 heteroatoms. The van der Waals surface area contributed by atoms with Gasteiger partial charge in [-0.15, -0.1) is 11.3 Å². The van der Waals surface area contributed by atoms with E-state index in [-0.39, 0.29) is 15.8 Å². The Hall–Kier alpha value is -0.585. The summed E-state index contributed by atoms with van der Waals surface area (Å²) < 4.78 is 118. The highest BCUT2D eigenvalue weighted by atomic mass is 32.1. The molecule has 2 aliphatic heterocycles. The van der Waals surface area contributed by atoms with Crippen molar-refractivity contribution in [1.82, 2.24) is 4.98 Å². The lowest BCUT2D eigenvalue weighted by Crippen LogP contribution is -2.41. The van der Waals surface area contributed by atoms with Gasteiger partial charge in [0.1, 0.15) is 0 Å². The van der Waals surface area contributed by atoms with Crippen LogP contribution in [0.3, 0.4) is 0 Å². The molecular formula is C15H25BN2O2S. The van der Waals surface area contributed by atoms with Crippen LogP contribution in [0.2, 0.25) is 0 Å². The fourth-order valence-electron chi connectivity index (χ4n) is 1.83. The van der Waals surface area contributed by atoms with E-state index in [9.17, 15) is 0 Å². The summed E-state index contributed by atoms with van der Waals surface area (Å²) in [5.41, 5.74) is -1.86. The Balaban J connectivity index is 2.26. The van der Waals surface area contributed by atoms with E-state index in [1.165, 1.54) is 0 Å². The normalized spacial score (nSPS) is 51.0. The average Bonchev–Trinajstić information content (AvgIpc) is 3.08. The lowest BCUT2D eigenvalue weighted by molar-refractivity contribution is 0.00578. The van der Waals surface area contributed by atoms with E-state index in [1.807, 2.05) is 0 Å². The molecule has 2 aliphatic rings. The van der Waals surface area contributed by atoms with Gasteiger partial charge in [0.2, 0.25) is 0 Å². The van der Waals surface area contributed by atoms with Crippen LogP contribution in [-0.2, 0) is 9.31 Å². The van der Waals surface area contributed by atoms with Crippen LogP contribution < -0.4 is 10.5 Å². The van der Waals surface area contributed by atoms with E-state index >= 15 is 0 Å². The van der Waals surface area contributed by atoms with E-state index in [0.717, 1.165) is 0 Å². The first kappa shape index (κ1) is 6.14. The Morgan fingerprint density at radius 3 is 2.86 bits per heavy atom. The summed E-state index contributed by atoms with van der Waals surface area (Å²) in [7, 11) is -1.22. The second-order valence-electron chi connectivity index (χ2n) is 5.74. The fraction of sp³-hybridized carbons (Fsp3) is 0.800. The lowest BCUT2D eigenvalue weighted by Gasteiger charge is -2.33. The molecule has 3 rings (SSSR count). The van der Waals surface area contributed by atoms with Gasteiger partial charge in [-0.3, -0.25) is 0 Å². The van der Waals surface area contributed by atoms with Gasteiger partial charge in [-0.05, 0) is 53.7 Å². The van der Waals surface area contributed by atoms with Crippen LogP contribution in [0.5, 0.6) is 0 Å². The van der Waals surface area contributed by atoms with Gasteiger partial charge in [-0.1, -0.05) is 0 Å². The molecule has 1 aromatic rings. The number of nitrogens with zero attached hydrogens (tertiary/aromatic N) is 2. The van der Waals surface area contributed by atoms with Crippen LogP contribution in [0.4, 0.5) is 5.13 Å². The SMILES string of the molecule is [2H]c1sc(N2C([2H])([2H])C([2H])([2H])C([2H])([2H])C([2H])([2H])C2([2H])C([2H])([2H])[2H])nc1B1OC(C)(C)C(C)(C)O1. The smallest absolute Gasteiger partial charge is 0.398 e. The van der Waals surface area contributed by atoms with Crippen LogP contribution in [0.25, 0.3) is 0 Å². The molecule has 0 radical (unpaired) electrons. The molecule has 2 saturated heterocycles. The number of rotatable bonds is 2. The predicted molar refractivity (Wildman–Crippen MR) is 88.5 cm³/mol. The Kier molecular flexibility index (Phi) is 1.53. The first-order valence-electron chi connectivity index (χ1n) is 12.9. The number of thiazole rings is 1. The zero-order valence-corrected chi connectivity index (χ0v) is 13.0. The van der Waals surface area contributed by atoms with Gasteiger partial charge in [0.15, 0.2) is 5.13 Å². The summed E-state index contributed by atoms with van der Waals surface area (Å²) in [6.45, 7) is -0.269. The van der Waals surface area contributed by atoms with Crippen LogP contribution in [0.15, 0.2) is 5.36 Å². The van der Waals surface area contributed by atoms with E-state index < -0.39 is 61.9 Å². The van der Waals surface area contributed by atoms with Crippen molar-refractivity contribution >= 4 is 29.2 Å². The highest BCUT2D eigenvalue weighted by molar-refractivity contribution is 7.14. The minimum absolute atomic E-state index is 0.00573. The largest absolute Gasteiger partial charge is 0.515 e. The number of piperidine rings is 1. The second kappa shape index (κ2) is 5.25. The summed E-state index contributed by atoms with van der Waals surface area (Å²) in [6, 6.07) is -3.66. The molecule has 0 bridgehead atoms. The Morgan fingerprint density at radius 2 is 2.19 bits per heavy atom. The summed E-state index contributed by atoms with van der Waals surface area (Å²) in [6.07, 6.45) is -11.1. The Morgan fingerprint density at radius 1 is 1.48 bits per heavy atom. The topological polar surface area (TPSA) is 34.6 Å². The maximum absolute atomic E-state index is 8.66. The van der Waals surface area contributed by atoms with Crippen molar-refractivity contribution in [2.75, 3.05) is 11.4 Å². The number of hydrogen-bond donors (Lipinski definition) is 0. The minimum atomic E-state index is -3.75. The van der Waals surface area contributed by atoms with Gasteiger partial charge in [-0.2, -0.15) is 0 Å². The van der Waals surface area contributed by atoms with Crippen molar-refractivity contribution in [1.29, 1.82) is 0 Å². The maximum Gasteiger partial charge on any atom is 0.515 e. The molecule has 0 amide bonds. The summed E-state index contributed by atoms with van der Waals surface area (Å²) in [4.78, 5) is 4.08. The molecule has 1 atom stereocenters. The lowest BCUT2D eigenvalue weighted by atomic mass is 9.86. The maximum atomic E-state index is 8.66. The molecule has 4 nitrogen and oxygen atoms in total. The molecule has 2 fully saturated rings. The van der Waals surface area contributed by atoms with E-state index in [0.29, 0.717) is 11.3 Å². The molecule has 0 aromatic carbocycles. The minimum Gasteiger partial charge on any atom is -0.398 e. The van der Waals surface area contributed by atoms with Crippen LogP contribution >= 0.6 is 11.3 Å². The third-order valence-corrected chi connectivity index (χ3v) is 4.53. The molecule has 0 saturated carbocycles. The monoisotopic (exact) mass is 321 g/mol. The number of hydrogen-bond acceptors (Lipinski definition) is 5.